The lowest BCUT2D eigenvalue weighted by atomic mass is 10.1. The number of hydrogen-bond donors (Lipinski definition) is 0. The van der Waals surface area contributed by atoms with Crippen LogP contribution in [0.3, 0.4) is 0 Å². The molecule has 4 heteroatoms. The van der Waals surface area contributed by atoms with Crippen molar-refractivity contribution in [2.24, 2.45) is 0 Å². The Kier molecular flexibility index (Phi) is 10.4. The normalized spacial score (nSPS) is 13.0. The Morgan fingerprint density at radius 2 is 1.88 bits per heavy atom. The van der Waals surface area contributed by atoms with Crippen LogP contribution in [0.5, 0.6) is 0 Å². The number of ether oxygens (including phenoxy) is 2. The molecule has 0 bridgehead atoms. The minimum absolute atomic E-state index is 0.276. The first-order valence-corrected chi connectivity index (χ1v) is 6.33. The lowest BCUT2D eigenvalue weighted by Crippen LogP contribution is -2.39. The van der Waals surface area contributed by atoms with Crippen LogP contribution in [0.15, 0.2) is 0 Å². The van der Waals surface area contributed by atoms with Crippen molar-refractivity contribution in [1.29, 1.82) is 0 Å². The monoisotopic (exact) mass is 245 g/mol. The van der Waals surface area contributed by atoms with Crippen LogP contribution in [0.4, 0.5) is 0 Å². The average Bonchev–Trinajstić information content (AvgIpc) is 2.28. The largest absolute Gasteiger partial charge is 0.383 e. The maximum Gasteiger partial charge on any atom is 0.129 e. The number of carbonyl (C=O) groups is 1. The number of nitrogens with zero attached hydrogens (tertiary/aromatic N) is 1. The Balaban J connectivity index is 3.87. The number of ketones is 1. The molecule has 102 valence electrons. The van der Waals surface area contributed by atoms with E-state index in [0.717, 1.165) is 39.1 Å². The predicted molar refractivity (Wildman–Crippen MR) is 69.3 cm³/mol. The van der Waals surface area contributed by atoms with Crippen molar-refractivity contribution in [2.45, 2.75) is 39.2 Å². The van der Waals surface area contributed by atoms with Gasteiger partial charge in [-0.15, -0.1) is 0 Å². The van der Waals surface area contributed by atoms with Gasteiger partial charge >= 0.3 is 0 Å². The number of carbonyl (C=O) groups excluding carboxylic acids is 1. The summed E-state index contributed by atoms with van der Waals surface area (Å²) >= 11 is 0. The summed E-state index contributed by atoms with van der Waals surface area (Å²) in [5.41, 5.74) is 0. The van der Waals surface area contributed by atoms with Crippen molar-refractivity contribution in [1.82, 2.24) is 4.90 Å². The highest BCUT2D eigenvalue weighted by atomic mass is 16.5. The second-order valence-electron chi connectivity index (χ2n) is 4.49. The summed E-state index contributed by atoms with van der Waals surface area (Å²) in [4.78, 5) is 13.2. The summed E-state index contributed by atoms with van der Waals surface area (Å²) in [6.07, 6.45) is 2.71. The van der Waals surface area contributed by atoms with Gasteiger partial charge in [0.15, 0.2) is 0 Å². The number of Topliss-reactive ketones (excluding diaryl/α,β-unsaturated/α-hetero) is 1. The Hall–Kier alpha value is -0.450. The van der Waals surface area contributed by atoms with E-state index in [1.807, 2.05) is 0 Å². The zero-order valence-electron chi connectivity index (χ0n) is 11.7. The minimum Gasteiger partial charge on any atom is -0.383 e. The molecule has 0 aliphatic rings. The fourth-order valence-electron chi connectivity index (χ4n) is 1.80. The van der Waals surface area contributed by atoms with Crippen molar-refractivity contribution in [3.63, 3.8) is 0 Å². The second kappa shape index (κ2) is 10.7. The van der Waals surface area contributed by atoms with Gasteiger partial charge < -0.3 is 14.3 Å². The van der Waals surface area contributed by atoms with Crippen LogP contribution in [-0.2, 0) is 14.3 Å². The van der Waals surface area contributed by atoms with Crippen LogP contribution >= 0.6 is 0 Å². The summed E-state index contributed by atoms with van der Waals surface area (Å²) in [7, 11) is 3.44. The molecule has 0 aromatic carbocycles. The highest BCUT2D eigenvalue weighted by Gasteiger charge is 2.12. The topological polar surface area (TPSA) is 38.8 Å². The minimum atomic E-state index is 0.276. The van der Waals surface area contributed by atoms with Crippen LogP contribution < -0.4 is 0 Å². The molecule has 0 radical (unpaired) electrons. The van der Waals surface area contributed by atoms with Gasteiger partial charge in [0, 0.05) is 33.2 Å². The zero-order chi connectivity index (χ0) is 13.1. The maximum atomic E-state index is 10.8. The third kappa shape index (κ3) is 9.27. The van der Waals surface area contributed by atoms with Crippen LogP contribution in [0.2, 0.25) is 0 Å². The molecule has 1 unspecified atom stereocenters. The lowest BCUT2D eigenvalue weighted by Gasteiger charge is -2.28. The van der Waals surface area contributed by atoms with Gasteiger partial charge in [-0.1, -0.05) is 0 Å². The van der Waals surface area contributed by atoms with Crippen molar-refractivity contribution < 1.29 is 14.3 Å². The van der Waals surface area contributed by atoms with Gasteiger partial charge in [0.25, 0.3) is 0 Å². The molecule has 0 rings (SSSR count). The van der Waals surface area contributed by atoms with Crippen LogP contribution in [-0.4, -0.2) is 57.2 Å². The quantitative estimate of drug-likeness (QED) is 0.520. The van der Waals surface area contributed by atoms with E-state index in [1.54, 1.807) is 21.1 Å². The molecule has 0 saturated heterocycles. The maximum absolute atomic E-state index is 10.8. The SMILES string of the molecule is COCCN(CCCCC(C)=O)C(C)COC. The smallest absolute Gasteiger partial charge is 0.129 e. The molecule has 0 aliphatic carbocycles. The number of methoxy groups -OCH3 is 2. The molecule has 0 saturated carbocycles. The molecule has 0 aromatic rings. The summed E-state index contributed by atoms with van der Waals surface area (Å²) in [6.45, 7) is 7.19. The van der Waals surface area contributed by atoms with Gasteiger partial charge in [0.1, 0.15) is 5.78 Å². The van der Waals surface area contributed by atoms with E-state index in [9.17, 15) is 4.79 Å². The lowest BCUT2D eigenvalue weighted by molar-refractivity contribution is -0.117. The molecule has 0 spiro atoms. The molecule has 0 aliphatic heterocycles. The molecular formula is C13H27NO3. The first-order valence-electron chi connectivity index (χ1n) is 6.33. The molecule has 0 aromatic heterocycles. The van der Waals surface area contributed by atoms with E-state index in [2.05, 4.69) is 11.8 Å². The number of unbranched alkanes of at least 4 members (excludes halogenated alkanes) is 1. The van der Waals surface area contributed by atoms with Crippen molar-refractivity contribution >= 4 is 5.78 Å². The van der Waals surface area contributed by atoms with Crippen LogP contribution in [0, 0.1) is 0 Å². The first-order chi connectivity index (χ1) is 8.11. The highest BCUT2D eigenvalue weighted by molar-refractivity contribution is 5.75. The van der Waals surface area contributed by atoms with E-state index in [0.29, 0.717) is 12.5 Å². The fraction of sp³-hybridized carbons (Fsp3) is 0.923. The average molecular weight is 245 g/mol. The van der Waals surface area contributed by atoms with E-state index < -0.39 is 0 Å². The molecule has 17 heavy (non-hydrogen) atoms. The molecule has 1 atom stereocenters. The number of hydrogen-bond acceptors (Lipinski definition) is 4. The van der Waals surface area contributed by atoms with E-state index in [4.69, 9.17) is 9.47 Å². The Labute approximate surface area is 105 Å². The van der Waals surface area contributed by atoms with Gasteiger partial charge in [-0.05, 0) is 33.2 Å². The summed E-state index contributed by atoms with van der Waals surface area (Å²) < 4.78 is 10.3. The van der Waals surface area contributed by atoms with E-state index >= 15 is 0 Å². The molecule has 4 nitrogen and oxygen atoms in total. The predicted octanol–water partition coefficient (Wildman–Crippen LogP) is 1.73. The molecule has 0 heterocycles. The molecule has 0 amide bonds. The molecule has 0 N–H and O–H groups in total. The molecular weight excluding hydrogens is 218 g/mol. The zero-order valence-corrected chi connectivity index (χ0v) is 11.7. The summed E-state index contributed by atoms with van der Waals surface area (Å²) in [5.74, 6) is 0.276. The Bertz CT molecular complexity index is 197. The molecule has 0 fully saturated rings. The second-order valence-corrected chi connectivity index (χ2v) is 4.49. The third-order valence-corrected chi connectivity index (χ3v) is 2.84. The highest BCUT2D eigenvalue weighted by Crippen LogP contribution is 2.04. The van der Waals surface area contributed by atoms with Gasteiger partial charge in [0.2, 0.25) is 0 Å². The van der Waals surface area contributed by atoms with Crippen LogP contribution in [0.1, 0.15) is 33.1 Å². The van der Waals surface area contributed by atoms with Gasteiger partial charge in [-0.25, -0.2) is 0 Å². The Morgan fingerprint density at radius 1 is 1.18 bits per heavy atom. The van der Waals surface area contributed by atoms with Gasteiger partial charge in [0.05, 0.1) is 13.2 Å². The first kappa shape index (κ1) is 16.6. The van der Waals surface area contributed by atoms with E-state index in [1.165, 1.54) is 0 Å². The van der Waals surface area contributed by atoms with Crippen molar-refractivity contribution in [3.8, 4) is 0 Å². The summed E-state index contributed by atoms with van der Waals surface area (Å²) in [6, 6.07) is 0.396. The standard InChI is InChI=1S/C13H27NO3/c1-12(11-17-4)14(9-10-16-3)8-6-5-7-13(2)15/h12H,5-11H2,1-4H3. The van der Waals surface area contributed by atoms with Gasteiger partial charge in [-0.2, -0.15) is 0 Å². The van der Waals surface area contributed by atoms with Crippen LogP contribution in [0.25, 0.3) is 0 Å². The summed E-state index contributed by atoms with van der Waals surface area (Å²) in [5, 5.41) is 0. The van der Waals surface area contributed by atoms with Crippen molar-refractivity contribution in [3.05, 3.63) is 0 Å². The van der Waals surface area contributed by atoms with E-state index in [-0.39, 0.29) is 5.78 Å². The van der Waals surface area contributed by atoms with Gasteiger partial charge in [-0.3, -0.25) is 4.90 Å². The third-order valence-electron chi connectivity index (χ3n) is 2.84. The fourth-order valence-corrected chi connectivity index (χ4v) is 1.80. The Morgan fingerprint density at radius 3 is 2.41 bits per heavy atom. The van der Waals surface area contributed by atoms with Crippen molar-refractivity contribution in [2.75, 3.05) is 40.5 Å². The number of rotatable bonds is 11.